The van der Waals surface area contributed by atoms with Gasteiger partial charge in [0, 0.05) is 0 Å². The summed E-state index contributed by atoms with van der Waals surface area (Å²) in [6, 6.07) is 4.86. The van der Waals surface area contributed by atoms with E-state index in [1.165, 1.54) is 63.5 Å². The van der Waals surface area contributed by atoms with Crippen LogP contribution in [0.4, 0.5) is 13.2 Å². The van der Waals surface area contributed by atoms with Crippen molar-refractivity contribution in [3.05, 3.63) is 53.9 Å². The van der Waals surface area contributed by atoms with E-state index in [-0.39, 0.29) is 23.7 Å². The summed E-state index contributed by atoms with van der Waals surface area (Å²) in [4.78, 5) is 0. The standard InChI is InChI=1S/C29H37F3O/c1-3-5-6-7-8-19-9-10-21-17-22(12-11-20(21)16-19)24-14-13-23-18-25(33-15-4-2)28(31)29(32)26(23)27(24)30/h4,13-14,18-22H,2-3,5-12,15-17H2,1H3/t19?,20-,21?,22-/m1/s1. The highest BCUT2D eigenvalue weighted by atomic mass is 19.2. The third kappa shape index (κ3) is 5.25. The van der Waals surface area contributed by atoms with E-state index in [9.17, 15) is 8.78 Å². The Kier molecular flexibility index (Phi) is 8.03. The predicted octanol–water partition coefficient (Wildman–Crippen LogP) is 9.09. The molecule has 0 spiro atoms. The second-order valence-electron chi connectivity index (χ2n) is 10.2. The van der Waals surface area contributed by atoms with Crippen molar-refractivity contribution in [1.29, 1.82) is 0 Å². The molecule has 2 aromatic carbocycles. The average Bonchev–Trinajstić information content (AvgIpc) is 2.83. The van der Waals surface area contributed by atoms with Gasteiger partial charge in [-0.15, -0.1) is 0 Å². The molecule has 0 aliphatic heterocycles. The van der Waals surface area contributed by atoms with Crippen molar-refractivity contribution in [3.63, 3.8) is 0 Å². The number of hydrogen-bond donors (Lipinski definition) is 0. The number of benzene rings is 2. The first-order valence-corrected chi connectivity index (χ1v) is 12.9. The van der Waals surface area contributed by atoms with Crippen LogP contribution in [0.3, 0.4) is 0 Å². The van der Waals surface area contributed by atoms with Gasteiger partial charge in [0.1, 0.15) is 12.4 Å². The van der Waals surface area contributed by atoms with E-state index in [0.29, 0.717) is 16.9 Å². The summed E-state index contributed by atoms with van der Waals surface area (Å²) >= 11 is 0. The number of ether oxygens (including phenoxy) is 1. The lowest BCUT2D eigenvalue weighted by Gasteiger charge is -2.42. The maximum absolute atomic E-state index is 15.5. The van der Waals surface area contributed by atoms with Crippen molar-refractivity contribution >= 4 is 10.8 Å². The van der Waals surface area contributed by atoms with E-state index in [1.54, 1.807) is 12.1 Å². The first kappa shape index (κ1) is 24.2. The van der Waals surface area contributed by atoms with Crippen molar-refractivity contribution in [3.8, 4) is 5.75 Å². The summed E-state index contributed by atoms with van der Waals surface area (Å²) in [7, 11) is 0. The molecule has 2 aliphatic rings. The molecule has 2 fully saturated rings. The lowest BCUT2D eigenvalue weighted by atomic mass is 9.63. The molecule has 4 heteroatoms. The maximum Gasteiger partial charge on any atom is 0.201 e. The van der Waals surface area contributed by atoms with Crippen LogP contribution in [-0.4, -0.2) is 6.61 Å². The Morgan fingerprint density at radius 1 is 0.939 bits per heavy atom. The highest BCUT2D eigenvalue weighted by Gasteiger charge is 2.37. The Morgan fingerprint density at radius 2 is 1.73 bits per heavy atom. The Morgan fingerprint density at radius 3 is 2.52 bits per heavy atom. The SMILES string of the molecule is C=CCOc1cc2ccc([C@@H]3CC[C@@H]4CC(CCCCCC)CCC4C3)c(F)c2c(F)c1F. The molecule has 0 amide bonds. The number of rotatable bonds is 9. The van der Waals surface area contributed by atoms with Crippen LogP contribution < -0.4 is 4.74 Å². The first-order valence-electron chi connectivity index (χ1n) is 12.9. The fourth-order valence-corrected chi connectivity index (χ4v) is 6.33. The van der Waals surface area contributed by atoms with Crippen molar-refractivity contribution in [2.75, 3.05) is 6.61 Å². The highest BCUT2D eigenvalue weighted by Crippen LogP contribution is 2.49. The fraction of sp³-hybridized carbons (Fsp3) is 0.586. The molecule has 0 aromatic heterocycles. The topological polar surface area (TPSA) is 9.23 Å². The van der Waals surface area contributed by atoms with E-state index in [2.05, 4.69) is 13.5 Å². The lowest BCUT2D eigenvalue weighted by Crippen LogP contribution is -2.30. The Hall–Kier alpha value is -1.97. The van der Waals surface area contributed by atoms with Crippen molar-refractivity contribution in [2.24, 2.45) is 17.8 Å². The van der Waals surface area contributed by atoms with E-state index >= 15 is 4.39 Å². The summed E-state index contributed by atoms with van der Waals surface area (Å²) in [5, 5.41) is 0.0698. The second-order valence-corrected chi connectivity index (χ2v) is 10.2. The van der Waals surface area contributed by atoms with Crippen LogP contribution in [0.25, 0.3) is 10.8 Å². The maximum atomic E-state index is 15.5. The molecule has 1 nitrogen and oxygen atoms in total. The van der Waals surface area contributed by atoms with Crippen LogP contribution in [0.1, 0.15) is 89.0 Å². The van der Waals surface area contributed by atoms with Crippen LogP contribution in [0, 0.1) is 35.2 Å². The quantitative estimate of drug-likeness (QED) is 0.269. The minimum absolute atomic E-state index is 0.0622. The van der Waals surface area contributed by atoms with Crippen LogP contribution in [-0.2, 0) is 0 Å². The minimum Gasteiger partial charge on any atom is -0.486 e. The smallest absolute Gasteiger partial charge is 0.201 e. The van der Waals surface area contributed by atoms with Gasteiger partial charge < -0.3 is 4.74 Å². The van der Waals surface area contributed by atoms with Gasteiger partial charge in [0.2, 0.25) is 5.82 Å². The monoisotopic (exact) mass is 458 g/mol. The van der Waals surface area contributed by atoms with Gasteiger partial charge in [-0.2, -0.15) is 4.39 Å². The van der Waals surface area contributed by atoms with Crippen LogP contribution in [0.15, 0.2) is 30.9 Å². The summed E-state index contributed by atoms with van der Waals surface area (Å²) in [6.45, 7) is 5.83. The molecule has 4 atom stereocenters. The molecule has 0 heterocycles. The van der Waals surface area contributed by atoms with E-state index in [1.807, 2.05) is 0 Å². The molecule has 2 aromatic rings. The molecule has 0 N–H and O–H groups in total. The molecule has 33 heavy (non-hydrogen) atoms. The number of fused-ring (bicyclic) bond motifs is 2. The van der Waals surface area contributed by atoms with Gasteiger partial charge in [-0.1, -0.05) is 70.2 Å². The van der Waals surface area contributed by atoms with Crippen LogP contribution >= 0.6 is 0 Å². The molecule has 2 saturated carbocycles. The first-order chi connectivity index (χ1) is 16.0. The van der Waals surface area contributed by atoms with E-state index in [0.717, 1.165) is 31.1 Å². The van der Waals surface area contributed by atoms with Crippen molar-refractivity contribution in [2.45, 2.75) is 83.5 Å². The van der Waals surface area contributed by atoms with Crippen molar-refractivity contribution < 1.29 is 17.9 Å². The Labute approximate surface area is 196 Å². The lowest BCUT2D eigenvalue weighted by molar-refractivity contribution is 0.112. The van der Waals surface area contributed by atoms with Gasteiger partial charge in [-0.3, -0.25) is 0 Å². The van der Waals surface area contributed by atoms with E-state index in [4.69, 9.17) is 4.74 Å². The number of halogens is 3. The van der Waals surface area contributed by atoms with Crippen LogP contribution in [0.2, 0.25) is 0 Å². The molecule has 0 radical (unpaired) electrons. The summed E-state index contributed by atoms with van der Waals surface area (Å²) in [5.41, 5.74) is 0.542. The molecular weight excluding hydrogens is 421 g/mol. The largest absolute Gasteiger partial charge is 0.486 e. The predicted molar refractivity (Wildman–Crippen MR) is 129 cm³/mol. The fourth-order valence-electron chi connectivity index (χ4n) is 6.33. The number of unbranched alkanes of at least 4 members (excludes halogenated alkanes) is 3. The molecular formula is C29H37F3O. The minimum atomic E-state index is -1.16. The molecule has 4 rings (SSSR count). The Balaban J connectivity index is 1.46. The summed E-state index contributed by atoms with van der Waals surface area (Å²) < 4.78 is 50.0. The normalized spacial score (nSPS) is 25.1. The molecule has 180 valence electrons. The molecule has 2 unspecified atom stereocenters. The van der Waals surface area contributed by atoms with Gasteiger partial charge in [0.15, 0.2) is 11.6 Å². The zero-order chi connectivity index (χ0) is 23.4. The highest BCUT2D eigenvalue weighted by molar-refractivity contribution is 5.86. The van der Waals surface area contributed by atoms with Gasteiger partial charge in [-0.05, 0) is 72.8 Å². The third-order valence-electron chi connectivity index (χ3n) is 8.10. The summed E-state index contributed by atoms with van der Waals surface area (Å²) in [6.07, 6.45) is 15.0. The zero-order valence-electron chi connectivity index (χ0n) is 19.9. The van der Waals surface area contributed by atoms with E-state index < -0.39 is 17.5 Å². The van der Waals surface area contributed by atoms with Crippen LogP contribution in [0.5, 0.6) is 5.75 Å². The zero-order valence-corrected chi connectivity index (χ0v) is 19.9. The Bertz CT molecular complexity index is 969. The van der Waals surface area contributed by atoms with Crippen molar-refractivity contribution in [1.82, 2.24) is 0 Å². The van der Waals surface area contributed by atoms with Gasteiger partial charge >= 0.3 is 0 Å². The third-order valence-corrected chi connectivity index (χ3v) is 8.10. The van der Waals surface area contributed by atoms with Gasteiger partial charge in [0.25, 0.3) is 0 Å². The number of hydrogen-bond acceptors (Lipinski definition) is 1. The molecule has 0 saturated heterocycles. The summed E-state index contributed by atoms with van der Waals surface area (Å²) in [5.74, 6) is -0.811. The second kappa shape index (κ2) is 11.0. The van der Waals surface area contributed by atoms with Gasteiger partial charge in [0.05, 0.1) is 5.39 Å². The molecule has 2 aliphatic carbocycles. The average molecular weight is 459 g/mol. The van der Waals surface area contributed by atoms with Gasteiger partial charge in [-0.25, -0.2) is 8.78 Å². The molecule has 0 bridgehead atoms.